The molecule has 0 N–H and O–H groups in total. The van der Waals surface area contributed by atoms with Gasteiger partial charge < -0.3 is 14.4 Å². The van der Waals surface area contributed by atoms with E-state index in [4.69, 9.17) is 9.47 Å². The number of fused-ring (bicyclic) bond motifs is 1. The van der Waals surface area contributed by atoms with E-state index in [1.807, 2.05) is 28.8 Å². The lowest BCUT2D eigenvalue weighted by molar-refractivity contribution is 0.0715. The smallest absolute Gasteiger partial charge is 0.274 e. The molecule has 2 aliphatic rings. The summed E-state index contributed by atoms with van der Waals surface area (Å²) in [6, 6.07) is 6.45. The third-order valence-electron chi connectivity index (χ3n) is 6.78. The molecule has 1 amide bonds. The molecule has 1 fully saturated rings. The highest BCUT2D eigenvalue weighted by Crippen LogP contribution is 2.31. The van der Waals surface area contributed by atoms with Gasteiger partial charge in [-0.2, -0.15) is 5.10 Å². The Kier molecular flexibility index (Phi) is 6.51. The monoisotopic (exact) mass is 426 g/mol. The van der Waals surface area contributed by atoms with Crippen LogP contribution in [0.25, 0.3) is 0 Å². The van der Waals surface area contributed by atoms with Crippen LogP contribution in [-0.2, 0) is 26.4 Å². The molecular weight excluding hydrogens is 392 g/mol. The van der Waals surface area contributed by atoms with Crippen LogP contribution in [0, 0.1) is 0 Å². The predicted octanol–water partition coefficient (Wildman–Crippen LogP) is 3.05. The summed E-state index contributed by atoms with van der Waals surface area (Å²) in [4.78, 5) is 17.6. The van der Waals surface area contributed by atoms with Crippen molar-refractivity contribution in [2.24, 2.45) is 7.05 Å². The Morgan fingerprint density at radius 2 is 1.90 bits per heavy atom. The molecule has 0 bridgehead atoms. The van der Waals surface area contributed by atoms with E-state index in [2.05, 4.69) is 23.1 Å². The fraction of sp³-hybridized carbons (Fsp3) is 0.583. The van der Waals surface area contributed by atoms with Crippen LogP contribution >= 0.6 is 0 Å². The van der Waals surface area contributed by atoms with Crippen molar-refractivity contribution >= 4 is 5.91 Å². The minimum atomic E-state index is 0.111. The maximum absolute atomic E-state index is 13.2. The lowest BCUT2D eigenvalue weighted by Gasteiger charge is -2.32. The molecule has 7 heteroatoms. The van der Waals surface area contributed by atoms with Gasteiger partial charge in [0, 0.05) is 44.0 Å². The van der Waals surface area contributed by atoms with Crippen LogP contribution in [0.3, 0.4) is 0 Å². The van der Waals surface area contributed by atoms with Crippen molar-refractivity contribution in [3.05, 3.63) is 40.7 Å². The van der Waals surface area contributed by atoms with E-state index in [0.717, 1.165) is 68.8 Å². The summed E-state index contributed by atoms with van der Waals surface area (Å²) in [5, 5.41) is 4.66. The van der Waals surface area contributed by atoms with E-state index in [1.54, 1.807) is 14.2 Å². The minimum absolute atomic E-state index is 0.111. The van der Waals surface area contributed by atoms with Gasteiger partial charge in [0.25, 0.3) is 5.91 Å². The maximum atomic E-state index is 13.2. The standard InChI is InChI=1S/C24H34N4O3/c1-26(16-17-8-11-21(30-3)22(14-17)31-4)18-9-10-20-19(15-18)23(25-27(20)2)24(29)28-12-6-5-7-13-28/h8,11,14,18H,5-7,9-10,12-13,15-16H2,1-4H3. The molecule has 1 unspecified atom stereocenters. The largest absolute Gasteiger partial charge is 0.493 e. The molecule has 1 aliphatic heterocycles. The molecule has 4 rings (SSSR count). The van der Waals surface area contributed by atoms with Gasteiger partial charge in [-0.1, -0.05) is 6.07 Å². The highest BCUT2D eigenvalue weighted by Gasteiger charge is 2.32. The third-order valence-corrected chi connectivity index (χ3v) is 6.78. The SMILES string of the molecule is COc1ccc(CN(C)C2CCc3c(c(C(=O)N4CCCCC4)nn3C)C2)cc1OC. The number of rotatable bonds is 6. The van der Waals surface area contributed by atoms with E-state index in [9.17, 15) is 4.79 Å². The molecule has 1 aromatic carbocycles. The number of hydrogen-bond donors (Lipinski definition) is 0. The lowest BCUT2D eigenvalue weighted by Crippen LogP contribution is -2.38. The summed E-state index contributed by atoms with van der Waals surface area (Å²) < 4.78 is 12.7. The summed E-state index contributed by atoms with van der Waals surface area (Å²) in [6.45, 7) is 2.52. The molecule has 1 atom stereocenters. The predicted molar refractivity (Wildman–Crippen MR) is 120 cm³/mol. The fourth-order valence-corrected chi connectivity index (χ4v) is 4.96. The van der Waals surface area contributed by atoms with Crippen molar-refractivity contribution in [1.82, 2.24) is 19.6 Å². The van der Waals surface area contributed by atoms with Crippen molar-refractivity contribution < 1.29 is 14.3 Å². The summed E-state index contributed by atoms with van der Waals surface area (Å²) in [5.41, 5.74) is 4.22. The first-order chi connectivity index (χ1) is 15.0. The number of likely N-dealkylation sites (N-methyl/N-ethyl adjacent to an activating group) is 1. The zero-order valence-electron chi connectivity index (χ0n) is 19.2. The summed E-state index contributed by atoms with van der Waals surface area (Å²) in [7, 11) is 7.45. The van der Waals surface area contributed by atoms with E-state index in [1.165, 1.54) is 17.7 Å². The van der Waals surface area contributed by atoms with Crippen LogP contribution in [-0.4, -0.2) is 65.9 Å². The van der Waals surface area contributed by atoms with Crippen LogP contribution < -0.4 is 9.47 Å². The average Bonchev–Trinajstić information content (AvgIpc) is 3.14. The number of benzene rings is 1. The Hall–Kier alpha value is -2.54. The zero-order valence-corrected chi connectivity index (χ0v) is 19.2. The third kappa shape index (κ3) is 4.42. The molecule has 31 heavy (non-hydrogen) atoms. The van der Waals surface area contributed by atoms with Gasteiger partial charge >= 0.3 is 0 Å². The Balaban J connectivity index is 1.49. The van der Waals surface area contributed by atoms with Crippen molar-refractivity contribution in [3.8, 4) is 11.5 Å². The molecule has 0 saturated carbocycles. The number of hydrogen-bond acceptors (Lipinski definition) is 5. The molecule has 0 spiro atoms. The number of nitrogens with zero attached hydrogens (tertiary/aromatic N) is 4. The molecule has 2 heterocycles. The second-order valence-corrected chi connectivity index (χ2v) is 8.75. The van der Waals surface area contributed by atoms with Crippen molar-refractivity contribution in [3.63, 3.8) is 0 Å². The molecule has 168 valence electrons. The number of piperidine rings is 1. The Bertz CT molecular complexity index is 933. The van der Waals surface area contributed by atoms with Crippen LogP contribution in [0.5, 0.6) is 11.5 Å². The molecular formula is C24H34N4O3. The van der Waals surface area contributed by atoms with E-state index in [0.29, 0.717) is 11.7 Å². The molecule has 1 aliphatic carbocycles. The topological polar surface area (TPSA) is 59.8 Å². The molecule has 0 radical (unpaired) electrons. The molecule has 1 aromatic heterocycles. The highest BCUT2D eigenvalue weighted by atomic mass is 16.5. The highest BCUT2D eigenvalue weighted by molar-refractivity contribution is 5.94. The minimum Gasteiger partial charge on any atom is -0.493 e. The number of carbonyl (C=O) groups is 1. The number of methoxy groups -OCH3 is 2. The van der Waals surface area contributed by atoms with E-state index in [-0.39, 0.29) is 5.91 Å². The van der Waals surface area contributed by atoms with Crippen molar-refractivity contribution in [1.29, 1.82) is 0 Å². The van der Waals surface area contributed by atoms with Gasteiger partial charge in [0.05, 0.1) is 14.2 Å². The van der Waals surface area contributed by atoms with Gasteiger partial charge in [0.1, 0.15) is 0 Å². The van der Waals surface area contributed by atoms with Gasteiger partial charge in [-0.15, -0.1) is 0 Å². The van der Waals surface area contributed by atoms with Gasteiger partial charge in [-0.3, -0.25) is 14.4 Å². The first kappa shape index (κ1) is 21.7. The van der Waals surface area contributed by atoms with Gasteiger partial charge in [-0.05, 0) is 63.3 Å². The van der Waals surface area contributed by atoms with Gasteiger partial charge in [-0.25, -0.2) is 0 Å². The van der Waals surface area contributed by atoms with Crippen LogP contribution in [0.15, 0.2) is 18.2 Å². The Morgan fingerprint density at radius 1 is 1.16 bits per heavy atom. The maximum Gasteiger partial charge on any atom is 0.274 e. The summed E-state index contributed by atoms with van der Waals surface area (Å²) >= 11 is 0. The first-order valence-electron chi connectivity index (χ1n) is 11.3. The van der Waals surface area contributed by atoms with Crippen LogP contribution in [0.1, 0.15) is 53.0 Å². The summed E-state index contributed by atoms with van der Waals surface area (Å²) in [6.07, 6.45) is 6.28. The number of likely N-dealkylation sites (tertiary alicyclic amines) is 1. The molecule has 2 aromatic rings. The fourth-order valence-electron chi connectivity index (χ4n) is 4.96. The Morgan fingerprint density at radius 3 is 2.61 bits per heavy atom. The first-order valence-corrected chi connectivity index (χ1v) is 11.3. The average molecular weight is 427 g/mol. The quantitative estimate of drug-likeness (QED) is 0.711. The zero-order chi connectivity index (χ0) is 22.0. The number of ether oxygens (including phenoxy) is 2. The Labute approximate surface area is 184 Å². The second-order valence-electron chi connectivity index (χ2n) is 8.75. The number of carbonyl (C=O) groups excluding carboxylic acids is 1. The number of aromatic nitrogens is 2. The van der Waals surface area contributed by atoms with E-state index < -0.39 is 0 Å². The second kappa shape index (κ2) is 9.30. The normalized spacial score (nSPS) is 18.7. The van der Waals surface area contributed by atoms with Crippen molar-refractivity contribution in [2.45, 2.75) is 51.1 Å². The molecule has 7 nitrogen and oxygen atoms in total. The van der Waals surface area contributed by atoms with E-state index >= 15 is 0 Å². The summed E-state index contributed by atoms with van der Waals surface area (Å²) in [5.74, 6) is 1.60. The lowest BCUT2D eigenvalue weighted by atomic mass is 9.90. The number of aryl methyl sites for hydroxylation is 1. The van der Waals surface area contributed by atoms with Crippen LogP contribution in [0.4, 0.5) is 0 Å². The number of amides is 1. The van der Waals surface area contributed by atoms with Gasteiger partial charge in [0.15, 0.2) is 17.2 Å². The van der Waals surface area contributed by atoms with Crippen LogP contribution in [0.2, 0.25) is 0 Å². The molecule has 1 saturated heterocycles. The van der Waals surface area contributed by atoms with Gasteiger partial charge in [0.2, 0.25) is 0 Å². The van der Waals surface area contributed by atoms with Crippen molar-refractivity contribution in [2.75, 3.05) is 34.4 Å².